The Balaban J connectivity index is 1.07. The summed E-state index contributed by atoms with van der Waals surface area (Å²) in [6.07, 6.45) is 1.86. The van der Waals surface area contributed by atoms with E-state index in [1.54, 1.807) is 0 Å². The summed E-state index contributed by atoms with van der Waals surface area (Å²) in [5.74, 6) is 0. The van der Waals surface area contributed by atoms with Gasteiger partial charge in [0.05, 0.1) is 10.9 Å². The van der Waals surface area contributed by atoms with E-state index in [1.807, 2.05) is 12.3 Å². The summed E-state index contributed by atoms with van der Waals surface area (Å²) >= 11 is 0. The minimum Gasteiger partial charge on any atom is -0.456 e. The smallest absolute Gasteiger partial charge is 0.136 e. The molecule has 9 aromatic rings. The highest BCUT2D eigenvalue weighted by molar-refractivity contribution is 6.10. The highest BCUT2D eigenvalue weighted by Gasteiger charge is 2.51. The normalized spacial score (nSPS) is 13.6. The molecule has 2 aliphatic rings. The monoisotopic (exact) mass is 609 g/mol. The average molecular weight is 610 g/mol. The molecular formula is C46H27NO. The molecule has 0 unspecified atom stereocenters. The third-order valence-corrected chi connectivity index (χ3v) is 10.8. The third kappa shape index (κ3) is 3.29. The molecule has 1 spiro atoms. The van der Waals surface area contributed by atoms with Gasteiger partial charge in [-0.1, -0.05) is 127 Å². The molecule has 7 aromatic carbocycles. The van der Waals surface area contributed by atoms with Gasteiger partial charge in [0.2, 0.25) is 0 Å². The minimum atomic E-state index is -0.376. The molecule has 0 N–H and O–H groups in total. The molecule has 0 atom stereocenters. The molecule has 0 fully saturated rings. The standard InChI is InChI=1S/C46H27NO/c1-4-15-39-33(11-1)34-12-2-5-16-40(34)46(39)41-17-6-3-13-35(41)37-26-38-36-23-22-31(25-43(36)48-44(38)27-42(37)46)28-18-20-29(21-19-28)32-14-7-9-30-10-8-24-47-45(30)32/h1-27H. The molecule has 2 aliphatic carbocycles. The fraction of sp³-hybridized carbons (Fsp3) is 0.0217. The molecule has 11 rings (SSSR count). The average Bonchev–Trinajstić information content (AvgIpc) is 3.77. The van der Waals surface area contributed by atoms with Crippen molar-refractivity contribution in [2.24, 2.45) is 0 Å². The van der Waals surface area contributed by atoms with Gasteiger partial charge in [-0.15, -0.1) is 0 Å². The number of furan rings is 1. The van der Waals surface area contributed by atoms with Gasteiger partial charge < -0.3 is 4.42 Å². The summed E-state index contributed by atoms with van der Waals surface area (Å²) in [7, 11) is 0. The lowest BCUT2D eigenvalue weighted by atomic mass is 9.70. The number of hydrogen-bond donors (Lipinski definition) is 0. The molecule has 0 saturated heterocycles. The maximum absolute atomic E-state index is 6.75. The van der Waals surface area contributed by atoms with Crippen molar-refractivity contribution < 1.29 is 4.42 Å². The van der Waals surface area contributed by atoms with Gasteiger partial charge in [-0.25, -0.2) is 0 Å². The number of rotatable bonds is 2. The number of benzene rings is 7. The number of pyridine rings is 1. The molecule has 0 amide bonds. The molecule has 0 radical (unpaired) electrons. The minimum absolute atomic E-state index is 0.376. The van der Waals surface area contributed by atoms with E-state index >= 15 is 0 Å². The fourth-order valence-corrected chi connectivity index (χ4v) is 8.72. The molecule has 0 saturated carbocycles. The first kappa shape index (κ1) is 25.9. The molecule has 2 heteroatoms. The van der Waals surface area contributed by atoms with E-state index < -0.39 is 0 Å². The molecule has 48 heavy (non-hydrogen) atoms. The Kier molecular flexibility index (Phi) is 5.07. The van der Waals surface area contributed by atoms with Crippen LogP contribution in [0, 0.1) is 0 Å². The molecule has 2 heterocycles. The Morgan fingerprint density at radius 2 is 0.979 bits per heavy atom. The van der Waals surface area contributed by atoms with Crippen molar-refractivity contribution in [1.29, 1.82) is 0 Å². The second-order valence-electron chi connectivity index (χ2n) is 13.1. The van der Waals surface area contributed by atoms with Crippen LogP contribution in [0.2, 0.25) is 0 Å². The van der Waals surface area contributed by atoms with Gasteiger partial charge in [0.25, 0.3) is 0 Å². The van der Waals surface area contributed by atoms with Gasteiger partial charge in [0, 0.05) is 27.9 Å². The zero-order valence-electron chi connectivity index (χ0n) is 25.9. The van der Waals surface area contributed by atoms with Crippen molar-refractivity contribution in [3.05, 3.63) is 186 Å². The first-order chi connectivity index (χ1) is 23.8. The van der Waals surface area contributed by atoms with Crippen LogP contribution in [0.3, 0.4) is 0 Å². The Hall–Kier alpha value is -6.25. The number of fused-ring (bicyclic) bond motifs is 14. The lowest BCUT2D eigenvalue weighted by Crippen LogP contribution is -2.25. The summed E-state index contributed by atoms with van der Waals surface area (Å²) < 4.78 is 6.75. The predicted molar refractivity (Wildman–Crippen MR) is 196 cm³/mol. The van der Waals surface area contributed by atoms with Crippen LogP contribution in [-0.4, -0.2) is 4.98 Å². The molecule has 2 aromatic heterocycles. The largest absolute Gasteiger partial charge is 0.456 e. The van der Waals surface area contributed by atoms with Crippen molar-refractivity contribution in [1.82, 2.24) is 4.98 Å². The van der Waals surface area contributed by atoms with Crippen molar-refractivity contribution in [3.63, 3.8) is 0 Å². The predicted octanol–water partition coefficient (Wildman–Crippen LogP) is 11.8. The Bertz CT molecular complexity index is 2730. The van der Waals surface area contributed by atoms with Gasteiger partial charge in [-0.05, 0) is 91.5 Å². The number of para-hydroxylation sites is 1. The van der Waals surface area contributed by atoms with E-state index in [1.165, 1.54) is 44.5 Å². The van der Waals surface area contributed by atoms with Gasteiger partial charge in [-0.2, -0.15) is 0 Å². The highest BCUT2D eigenvalue weighted by Crippen LogP contribution is 2.63. The maximum atomic E-state index is 6.75. The molecular weight excluding hydrogens is 583 g/mol. The second kappa shape index (κ2) is 9.40. The third-order valence-electron chi connectivity index (χ3n) is 10.8. The Labute approximate surface area is 277 Å². The fourth-order valence-electron chi connectivity index (χ4n) is 8.72. The summed E-state index contributed by atoms with van der Waals surface area (Å²) in [5.41, 5.74) is 17.6. The lowest BCUT2D eigenvalue weighted by Gasteiger charge is -2.30. The summed E-state index contributed by atoms with van der Waals surface area (Å²) in [4.78, 5) is 4.66. The van der Waals surface area contributed by atoms with Crippen LogP contribution in [0.25, 0.3) is 77.3 Å². The van der Waals surface area contributed by atoms with Crippen LogP contribution in [0.1, 0.15) is 22.3 Å². The van der Waals surface area contributed by atoms with Crippen LogP contribution >= 0.6 is 0 Å². The Morgan fingerprint density at radius 1 is 0.396 bits per heavy atom. The quantitative estimate of drug-likeness (QED) is 0.195. The highest BCUT2D eigenvalue weighted by atomic mass is 16.3. The molecule has 222 valence electrons. The van der Waals surface area contributed by atoms with Gasteiger partial charge in [0.1, 0.15) is 11.2 Å². The van der Waals surface area contributed by atoms with E-state index in [4.69, 9.17) is 4.42 Å². The SMILES string of the molecule is c1ccc2c(c1)-c1ccccc1C21c2ccccc2-c2cc3c(cc21)oc1cc(-c2ccc(-c4cccc5cccnc45)cc2)ccc13. The molecule has 2 nitrogen and oxygen atoms in total. The zero-order valence-corrected chi connectivity index (χ0v) is 25.9. The van der Waals surface area contributed by atoms with Crippen LogP contribution in [-0.2, 0) is 5.41 Å². The van der Waals surface area contributed by atoms with Crippen LogP contribution in [0.5, 0.6) is 0 Å². The summed E-state index contributed by atoms with van der Waals surface area (Å²) in [5, 5.41) is 3.44. The first-order valence-corrected chi connectivity index (χ1v) is 16.5. The van der Waals surface area contributed by atoms with Crippen LogP contribution in [0.4, 0.5) is 0 Å². The molecule has 0 bridgehead atoms. The van der Waals surface area contributed by atoms with Crippen molar-refractivity contribution in [2.45, 2.75) is 5.41 Å². The zero-order chi connectivity index (χ0) is 31.4. The van der Waals surface area contributed by atoms with Gasteiger partial charge in [-0.3, -0.25) is 4.98 Å². The lowest BCUT2D eigenvalue weighted by molar-refractivity contribution is 0.666. The van der Waals surface area contributed by atoms with Crippen molar-refractivity contribution in [3.8, 4) is 44.5 Å². The van der Waals surface area contributed by atoms with E-state index in [-0.39, 0.29) is 5.41 Å². The van der Waals surface area contributed by atoms with E-state index in [0.717, 1.165) is 55.1 Å². The van der Waals surface area contributed by atoms with E-state index in [2.05, 4.69) is 157 Å². The van der Waals surface area contributed by atoms with Gasteiger partial charge in [0.15, 0.2) is 0 Å². The van der Waals surface area contributed by atoms with Crippen LogP contribution in [0.15, 0.2) is 168 Å². The number of nitrogens with zero attached hydrogens (tertiary/aromatic N) is 1. The second-order valence-corrected chi connectivity index (χ2v) is 13.1. The first-order valence-electron chi connectivity index (χ1n) is 16.5. The molecule has 0 aliphatic heterocycles. The summed E-state index contributed by atoms with van der Waals surface area (Å²) in [6, 6.07) is 57.4. The summed E-state index contributed by atoms with van der Waals surface area (Å²) in [6.45, 7) is 0. The van der Waals surface area contributed by atoms with Crippen molar-refractivity contribution >= 4 is 32.8 Å². The topological polar surface area (TPSA) is 26.0 Å². The van der Waals surface area contributed by atoms with Crippen LogP contribution < -0.4 is 0 Å². The number of hydrogen-bond acceptors (Lipinski definition) is 2. The van der Waals surface area contributed by atoms with E-state index in [0.29, 0.717) is 0 Å². The Morgan fingerprint density at radius 3 is 1.71 bits per heavy atom. The van der Waals surface area contributed by atoms with E-state index in [9.17, 15) is 0 Å². The number of aromatic nitrogens is 1. The maximum Gasteiger partial charge on any atom is 0.136 e. The van der Waals surface area contributed by atoms with Gasteiger partial charge >= 0.3 is 0 Å². The van der Waals surface area contributed by atoms with Crippen molar-refractivity contribution in [2.75, 3.05) is 0 Å².